The molecule has 0 spiro atoms. The molecule has 6 heteroatoms. The molecule has 90 valence electrons. The lowest BCUT2D eigenvalue weighted by molar-refractivity contribution is 0.285. The second-order valence-electron chi connectivity index (χ2n) is 4.16. The SMILES string of the molecule is CC1CCN(S(=O)(=O)c2csc(CO)c2)C1. The first-order valence-corrected chi connectivity index (χ1v) is 7.54. The third-order valence-electron chi connectivity index (χ3n) is 2.81. The van der Waals surface area contributed by atoms with Crippen LogP contribution in [-0.2, 0) is 16.6 Å². The zero-order valence-corrected chi connectivity index (χ0v) is 10.7. The van der Waals surface area contributed by atoms with Crippen molar-refractivity contribution in [3.63, 3.8) is 0 Å². The molecule has 1 aromatic heterocycles. The molecular weight excluding hydrogens is 246 g/mol. The van der Waals surface area contributed by atoms with Crippen LogP contribution >= 0.6 is 11.3 Å². The number of hydrogen-bond acceptors (Lipinski definition) is 4. The lowest BCUT2D eigenvalue weighted by Gasteiger charge is -2.14. The van der Waals surface area contributed by atoms with Crippen molar-refractivity contribution < 1.29 is 13.5 Å². The molecule has 2 rings (SSSR count). The Labute approximate surface area is 99.6 Å². The summed E-state index contributed by atoms with van der Waals surface area (Å²) < 4.78 is 25.8. The summed E-state index contributed by atoms with van der Waals surface area (Å²) in [5, 5.41) is 10.5. The molecule has 1 saturated heterocycles. The van der Waals surface area contributed by atoms with Crippen LogP contribution in [0.15, 0.2) is 16.3 Å². The topological polar surface area (TPSA) is 57.6 Å². The van der Waals surface area contributed by atoms with E-state index in [9.17, 15) is 8.42 Å². The minimum absolute atomic E-state index is 0.101. The molecule has 0 aliphatic carbocycles. The van der Waals surface area contributed by atoms with E-state index in [0.717, 1.165) is 6.42 Å². The molecule has 1 N–H and O–H groups in total. The quantitative estimate of drug-likeness (QED) is 0.891. The fourth-order valence-electron chi connectivity index (χ4n) is 1.84. The highest BCUT2D eigenvalue weighted by atomic mass is 32.2. The van der Waals surface area contributed by atoms with Crippen molar-refractivity contribution in [3.8, 4) is 0 Å². The number of hydrogen-bond donors (Lipinski definition) is 1. The Morgan fingerprint density at radius 3 is 2.88 bits per heavy atom. The molecule has 0 amide bonds. The van der Waals surface area contributed by atoms with Gasteiger partial charge in [-0.2, -0.15) is 4.31 Å². The number of sulfonamides is 1. The van der Waals surface area contributed by atoms with Gasteiger partial charge in [-0.1, -0.05) is 6.92 Å². The van der Waals surface area contributed by atoms with Crippen molar-refractivity contribution in [2.45, 2.75) is 24.8 Å². The van der Waals surface area contributed by atoms with Crippen molar-refractivity contribution in [3.05, 3.63) is 16.3 Å². The Morgan fingerprint density at radius 2 is 2.38 bits per heavy atom. The smallest absolute Gasteiger partial charge is 0.243 e. The van der Waals surface area contributed by atoms with E-state index in [4.69, 9.17) is 5.11 Å². The van der Waals surface area contributed by atoms with E-state index in [1.54, 1.807) is 11.4 Å². The van der Waals surface area contributed by atoms with E-state index in [1.807, 2.05) is 0 Å². The van der Waals surface area contributed by atoms with Crippen LogP contribution in [0.3, 0.4) is 0 Å². The molecule has 4 nitrogen and oxygen atoms in total. The van der Waals surface area contributed by atoms with Crippen LogP contribution in [0.5, 0.6) is 0 Å². The van der Waals surface area contributed by atoms with Crippen LogP contribution in [0.4, 0.5) is 0 Å². The predicted molar refractivity (Wildman–Crippen MR) is 62.8 cm³/mol. The molecule has 2 heterocycles. The first-order valence-electron chi connectivity index (χ1n) is 5.22. The van der Waals surface area contributed by atoms with Gasteiger partial charge in [0.25, 0.3) is 0 Å². The van der Waals surface area contributed by atoms with Gasteiger partial charge in [0, 0.05) is 23.3 Å². The molecule has 0 saturated carbocycles. The van der Waals surface area contributed by atoms with Crippen LogP contribution in [0, 0.1) is 5.92 Å². The highest BCUT2D eigenvalue weighted by Gasteiger charge is 2.31. The van der Waals surface area contributed by atoms with Crippen molar-refractivity contribution in [2.24, 2.45) is 5.92 Å². The van der Waals surface area contributed by atoms with Crippen molar-refractivity contribution in [1.82, 2.24) is 4.31 Å². The molecule has 0 radical (unpaired) electrons. The van der Waals surface area contributed by atoms with Gasteiger partial charge in [-0.15, -0.1) is 11.3 Å². The van der Waals surface area contributed by atoms with E-state index in [-0.39, 0.29) is 6.61 Å². The molecule has 0 aromatic carbocycles. The van der Waals surface area contributed by atoms with Gasteiger partial charge in [-0.3, -0.25) is 0 Å². The van der Waals surface area contributed by atoms with Crippen LogP contribution in [0.1, 0.15) is 18.2 Å². The molecule has 1 unspecified atom stereocenters. The standard InChI is InChI=1S/C10H15NO3S2/c1-8-2-3-11(5-8)16(13,14)10-4-9(6-12)15-7-10/h4,7-8,12H,2-3,5-6H2,1H3. The summed E-state index contributed by atoms with van der Waals surface area (Å²) in [5.74, 6) is 0.436. The van der Waals surface area contributed by atoms with Crippen molar-refractivity contribution in [1.29, 1.82) is 0 Å². The van der Waals surface area contributed by atoms with Crippen molar-refractivity contribution >= 4 is 21.4 Å². The van der Waals surface area contributed by atoms with Gasteiger partial charge in [0.15, 0.2) is 0 Å². The maximum Gasteiger partial charge on any atom is 0.243 e. The number of nitrogens with zero attached hydrogens (tertiary/aromatic N) is 1. The Kier molecular flexibility index (Phi) is 3.34. The summed E-state index contributed by atoms with van der Waals surface area (Å²) >= 11 is 1.28. The fraction of sp³-hybridized carbons (Fsp3) is 0.600. The maximum atomic E-state index is 12.2. The highest BCUT2D eigenvalue weighted by Crippen LogP contribution is 2.27. The van der Waals surface area contributed by atoms with E-state index in [1.165, 1.54) is 15.6 Å². The number of aliphatic hydroxyl groups is 1. The summed E-state index contributed by atoms with van der Waals surface area (Å²) in [6.45, 7) is 3.17. The molecule has 16 heavy (non-hydrogen) atoms. The molecule has 1 aliphatic rings. The second kappa shape index (κ2) is 4.44. The second-order valence-corrected chi connectivity index (χ2v) is 7.10. The van der Waals surface area contributed by atoms with Crippen molar-refractivity contribution in [2.75, 3.05) is 13.1 Å². The van der Waals surface area contributed by atoms with Gasteiger partial charge in [0.2, 0.25) is 10.0 Å². The van der Waals surface area contributed by atoms with Gasteiger partial charge in [0.05, 0.1) is 11.5 Å². The summed E-state index contributed by atoms with van der Waals surface area (Å²) in [4.78, 5) is 1.00. The van der Waals surface area contributed by atoms with Gasteiger partial charge in [-0.05, 0) is 18.4 Å². The number of rotatable bonds is 3. The first kappa shape index (κ1) is 12.0. The van der Waals surface area contributed by atoms with E-state index in [0.29, 0.717) is 28.8 Å². The minimum Gasteiger partial charge on any atom is -0.391 e. The van der Waals surface area contributed by atoms with Gasteiger partial charge < -0.3 is 5.11 Å². The summed E-state index contributed by atoms with van der Waals surface area (Å²) in [5.41, 5.74) is 0. The Morgan fingerprint density at radius 1 is 1.62 bits per heavy atom. The monoisotopic (exact) mass is 261 g/mol. The summed E-state index contributed by atoms with van der Waals surface area (Å²) in [7, 11) is -3.33. The number of thiophene rings is 1. The third kappa shape index (κ3) is 2.15. The van der Waals surface area contributed by atoms with Gasteiger partial charge >= 0.3 is 0 Å². The van der Waals surface area contributed by atoms with Crippen LogP contribution in [0.2, 0.25) is 0 Å². The average Bonchev–Trinajstić information content (AvgIpc) is 2.85. The molecular formula is C10H15NO3S2. The van der Waals surface area contributed by atoms with Crippen LogP contribution < -0.4 is 0 Å². The minimum atomic E-state index is -3.33. The lowest BCUT2D eigenvalue weighted by atomic mass is 10.2. The number of aliphatic hydroxyl groups excluding tert-OH is 1. The fourth-order valence-corrected chi connectivity index (χ4v) is 4.54. The Hall–Kier alpha value is -0.430. The van der Waals surface area contributed by atoms with E-state index < -0.39 is 10.0 Å². The normalized spacial score (nSPS) is 22.8. The van der Waals surface area contributed by atoms with Gasteiger partial charge in [-0.25, -0.2) is 8.42 Å². The largest absolute Gasteiger partial charge is 0.391 e. The lowest BCUT2D eigenvalue weighted by Crippen LogP contribution is -2.28. The molecule has 1 fully saturated rings. The summed E-state index contributed by atoms with van der Waals surface area (Å²) in [6, 6.07) is 1.56. The maximum absolute atomic E-state index is 12.2. The first-order chi connectivity index (χ1) is 7.54. The summed E-state index contributed by atoms with van der Waals surface area (Å²) in [6.07, 6.45) is 0.927. The Balaban J connectivity index is 2.25. The van der Waals surface area contributed by atoms with Gasteiger partial charge in [0.1, 0.15) is 0 Å². The zero-order valence-electron chi connectivity index (χ0n) is 9.09. The van der Waals surface area contributed by atoms with E-state index >= 15 is 0 Å². The average molecular weight is 261 g/mol. The zero-order chi connectivity index (χ0) is 11.8. The Bertz CT molecular complexity index is 466. The molecule has 1 aliphatic heterocycles. The predicted octanol–water partition coefficient (Wildman–Crippen LogP) is 1.27. The van der Waals surface area contributed by atoms with Crippen LogP contribution in [0.25, 0.3) is 0 Å². The van der Waals surface area contributed by atoms with Crippen LogP contribution in [-0.4, -0.2) is 30.9 Å². The molecule has 1 atom stereocenters. The third-order valence-corrected chi connectivity index (χ3v) is 5.72. The highest BCUT2D eigenvalue weighted by molar-refractivity contribution is 7.89. The van der Waals surface area contributed by atoms with E-state index in [2.05, 4.69) is 6.92 Å². The molecule has 1 aromatic rings. The molecule has 0 bridgehead atoms.